The van der Waals surface area contributed by atoms with Gasteiger partial charge >= 0.3 is 0 Å². The van der Waals surface area contributed by atoms with Crippen molar-refractivity contribution in [2.45, 2.75) is 51.5 Å². The molecule has 2 nitrogen and oxygen atoms in total. The molecule has 1 radical (unpaired) electrons. The summed E-state index contributed by atoms with van der Waals surface area (Å²) in [6, 6.07) is 0.807. The van der Waals surface area contributed by atoms with E-state index in [-0.39, 0.29) is 45.9 Å². The molecule has 18 heavy (non-hydrogen) atoms. The number of hydrogen-bond donors (Lipinski definition) is 0. The van der Waals surface area contributed by atoms with E-state index < -0.39 is 0 Å². The van der Waals surface area contributed by atoms with Gasteiger partial charge in [-0.05, 0) is 62.7 Å². The smallest absolute Gasteiger partial charge is 0.00955 e. The first-order valence-corrected chi connectivity index (χ1v) is 6.74. The standard InChI is InChI=1S/C14H24NO.CH3.Y/c1-11-3-5-14(6-4-11)15-8-7-13(10-15)9-12(2)16;;/h11,13-14H,2-10H2,1H3;1H3;/q2*-1;. The Morgan fingerprint density at radius 1 is 1.22 bits per heavy atom. The molecule has 2 fully saturated rings. The third-order valence-electron chi connectivity index (χ3n) is 4.34. The maximum atomic E-state index is 11.0. The van der Waals surface area contributed by atoms with E-state index in [4.69, 9.17) is 0 Å². The zero-order chi connectivity index (χ0) is 11.5. The van der Waals surface area contributed by atoms with Crippen molar-refractivity contribution in [3.8, 4) is 0 Å². The number of hydrogen-bond acceptors (Lipinski definition) is 2. The molecule has 1 saturated carbocycles. The van der Waals surface area contributed by atoms with Gasteiger partial charge in [-0.3, -0.25) is 0 Å². The van der Waals surface area contributed by atoms with Crippen LogP contribution in [0.1, 0.15) is 45.4 Å². The minimum atomic E-state index is 0. The van der Waals surface area contributed by atoms with Crippen molar-refractivity contribution in [2.75, 3.05) is 13.1 Å². The summed E-state index contributed by atoms with van der Waals surface area (Å²) in [6.45, 7) is 8.20. The van der Waals surface area contributed by atoms with Crippen molar-refractivity contribution in [3.63, 3.8) is 0 Å². The third kappa shape index (κ3) is 5.31. The first-order valence-electron chi connectivity index (χ1n) is 6.74. The van der Waals surface area contributed by atoms with Crippen LogP contribution in [-0.4, -0.2) is 29.8 Å². The van der Waals surface area contributed by atoms with Gasteiger partial charge < -0.3 is 24.0 Å². The SMILES string of the molecule is [CH2-]C(=O)CC1CCN(C2CCC(C)CC2)C1.[CH3-].[Y]. The Bertz CT molecular complexity index is 249. The average molecular weight is 326 g/mol. The fraction of sp³-hybridized carbons (Fsp3) is 0.800. The molecule has 1 unspecified atom stereocenters. The topological polar surface area (TPSA) is 20.3 Å². The second-order valence-electron chi connectivity index (χ2n) is 5.81. The maximum absolute atomic E-state index is 11.0. The number of ketones is 1. The summed E-state index contributed by atoms with van der Waals surface area (Å²) in [7, 11) is 0. The molecule has 1 aliphatic carbocycles. The van der Waals surface area contributed by atoms with Crippen LogP contribution in [0.15, 0.2) is 0 Å². The van der Waals surface area contributed by atoms with Crippen LogP contribution in [0.4, 0.5) is 0 Å². The first-order chi connectivity index (χ1) is 7.65. The van der Waals surface area contributed by atoms with Gasteiger partial charge in [-0.2, -0.15) is 0 Å². The molecule has 1 heterocycles. The molecular formula is C15H27NOY-2. The summed E-state index contributed by atoms with van der Waals surface area (Å²) >= 11 is 0. The minimum absolute atomic E-state index is 0. The molecule has 0 aromatic rings. The van der Waals surface area contributed by atoms with Crippen molar-refractivity contribution >= 4 is 5.78 Å². The van der Waals surface area contributed by atoms with Crippen molar-refractivity contribution in [1.82, 2.24) is 4.90 Å². The number of rotatable bonds is 3. The number of carbonyl (C=O) groups excluding carboxylic acids is 1. The second kappa shape index (κ2) is 8.71. The summed E-state index contributed by atoms with van der Waals surface area (Å²) in [4.78, 5) is 13.6. The van der Waals surface area contributed by atoms with Crippen molar-refractivity contribution in [2.24, 2.45) is 11.8 Å². The molecular weight excluding hydrogens is 299 g/mol. The number of carbonyl (C=O) groups is 1. The molecule has 1 saturated heterocycles. The van der Waals surface area contributed by atoms with Crippen LogP contribution < -0.4 is 0 Å². The van der Waals surface area contributed by atoms with E-state index in [2.05, 4.69) is 18.7 Å². The van der Waals surface area contributed by atoms with Gasteiger partial charge in [0.2, 0.25) is 0 Å². The van der Waals surface area contributed by atoms with E-state index in [1.54, 1.807) is 0 Å². The molecule has 0 amide bonds. The second-order valence-corrected chi connectivity index (χ2v) is 5.81. The Labute approximate surface area is 138 Å². The van der Waals surface area contributed by atoms with Crippen LogP contribution in [0.25, 0.3) is 0 Å². The van der Waals surface area contributed by atoms with E-state index in [1.807, 2.05) is 0 Å². The molecule has 1 atom stereocenters. The number of nitrogens with zero attached hydrogens (tertiary/aromatic N) is 1. The van der Waals surface area contributed by atoms with Crippen LogP contribution in [0.3, 0.4) is 0 Å². The van der Waals surface area contributed by atoms with Crippen LogP contribution in [0, 0.1) is 26.2 Å². The predicted octanol–water partition coefficient (Wildman–Crippen LogP) is 3.13. The quantitative estimate of drug-likeness (QED) is 0.743. The van der Waals surface area contributed by atoms with Crippen LogP contribution in [0.5, 0.6) is 0 Å². The molecule has 3 heteroatoms. The summed E-state index contributed by atoms with van der Waals surface area (Å²) in [5.41, 5.74) is 0. The Morgan fingerprint density at radius 3 is 2.39 bits per heavy atom. The zero-order valence-corrected chi connectivity index (χ0v) is 14.9. The Hall–Kier alpha value is 0.604. The summed E-state index contributed by atoms with van der Waals surface area (Å²) < 4.78 is 0. The summed E-state index contributed by atoms with van der Waals surface area (Å²) in [5, 5.41) is 0. The van der Waals surface area contributed by atoms with Gasteiger partial charge in [-0.25, -0.2) is 0 Å². The van der Waals surface area contributed by atoms with Gasteiger partial charge in [-0.1, -0.05) is 6.92 Å². The van der Waals surface area contributed by atoms with Crippen LogP contribution in [0.2, 0.25) is 0 Å². The third-order valence-corrected chi connectivity index (χ3v) is 4.34. The fourth-order valence-corrected chi connectivity index (χ4v) is 3.29. The maximum Gasteiger partial charge on any atom is 0.00955 e. The van der Waals surface area contributed by atoms with Crippen molar-refractivity contribution in [3.05, 3.63) is 14.4 Å². The monoisotopic (exact) mass is 326 g/mol. The summed E-state index contributed by atoms with van der Waals surface area (Å²) in [5.74, 6) is 1.63. The molecule has 0 aromatic carbocycles. The molecule has 2 aliphatic rings. The molecule has 0 bridgehead atoms. The molecule has 2 rings (SSSR count). The van der Waals surface area contributed by atoms with E-state index in [9.17, 15) is 4.79 Å². The number of Topliss-reactive ketones (excluding diaryl/α,β-unsaturated/α-hetero) is 1. The average Bonchev–Trinajstić information content (AvgIpc) is 2.66. The molecule has 0 spiro atoms. The summed E-state index contributed by atoms with van der Waals surface area (Å²) in [6.07, 6.45) is 7.41. The molecule has 0 N–H and O–H groups in total. The first kappa shape index (κ1) is 18.6. The van der Waals surface area contributed by atoms with E-state index in [0.717, 1.165) is 18.5 Å². The number of likely N-dealkylation sites (tertiary alicyclic amines) is 1. The van der Waals surface area contributed by atoms with Crippen molar-refractivity contribution < 1.29 is 37.5 Å². The van der Waals surface area contributed by atoms with E-state index >= 15 is 0 Å². The van der Waals surface area contributed by atoms with Crippen LogP contribution in [-0.2, 0) is 37.5 Å². The Morgan fingerprint density at radius 2 is 1.83 bits per heavy atom. The van der Waals surface area contributed by atoms with Gasteiger partial charge in [0.15, 0.2) is 0 Å². The Kier molecular flexibility index (Phi) is 9.00. The van der Waals surface area contributed by atoms with Gasteiger partial charge in [-0.15, -0.1) is 0 Å². The van der Waals surface area contributed by atoms with E-state index in [0.29, 0.717) is 12.3 Å². The van der Waals surface area contributed by atoms with Gasteiger partial charge in [0.05, 0.1) is 0 Å². The van der Waals surface area contributed by atoms with Gasteiger partial charge in [0, 0.05) is 45.3 Å². The van der Waals surface area contributed by atoms with Crippen molar-refractivity contribution in [1.29, 1.82) is 0 Å². The Balaban J connectivity index is 0.00000144. The molecule has 103 valence electrons. The normalized spacial score (nSPS) is 32.4. The predicted molar refractivity (Wildman–Crippen MR) is 72.5 cm³/mol. The van der Waals surface area contributed by atoms with Crippen LogP contribution >= 0.6 is 0 Å². The van der Waals surface area contributed by atoms with Gasteiger partial charge in [0.1, 0.15) is 0 Å². The van der Waals surface area contributed by atoms with Gasteiger partial charge in [0.25, 0.3) is 0 Å². The molecule has 0 aromatic heterocycles. The molecule has 1 aliphatic heterocycles. The van der Waals surface area contributed by atoms with E-state index in [1.165, 1.54) is 38.6 Å². The zero-order valence-electron chi connectivity index (χ0n) is 12.0. The minimum Gasteiger partial charge on any atom is -0.358 e. The fourth-order valence-electron chi connectivity index (χ4n) is 3.29. The largest absolute Gasteiger partial charge is 0.358 e.